The normalized spacial score (nSPS) is 17.7. The monoisotopic (exact) mass is 279 g/mol. The van der Waals surface area contributed by atoms with Crippen LogP contribution in [-0.4, -0.2) is 28.5 Å². The van der Waals surface area contributed by atoms with Gasteiger partial charge in [-0.1, -0.05) is 30.3 Å². The van der Waals surface area contributed by atoms with Crippen LogP contribution in [0.5, 0.6) is 0 Å². The molecular weight excluding hydrogens is 262 g/mol. The first-order valence-corrected chi connectivity index (χ1v) is 7.50. The Morgan fingerprint density at radius 1 is 1.21 bits per heavy atom. The summed E-state index contributed by atoms with van der Waals surface area (Å²) in [6.45, 7) is 0. The molecule has 19 heavy (non-hydrogen) atoms. The van der Waals surface area contributed by atoms with Gasteiger partial charge in [0.25, 0.3) is 0 Å². The second-order valence-electron chi connectivity index (χ2n) is 4.58. The number of aliphatic carboxylic acids is 1. The minimum absolute atomic E-state index is 0.0492. The Balaban J connectivity index is 2.04. The third-order valence-electron chi connectivity index (χ3n) is 3.26. The number of carboxylic acid groups (broad SMARTS) is 1. The van der Waals surface area contributed by atoms with E-state index >= 15 is 0 Å². The van der Waals surface area contributed by atoms with Gasteiger partial charge in [-0.25, -0.2) is 4.79 Å². The molecule has 0 aliphatic carbocycles. The second-order valence-corrected chi connectivity index (χ2v) is 5.80. The number of hydrogen-bond donors (Lipinski definition) is 2. The number of carbonyl (C=O) groups is 2. The number of hydrogen-bond acceptors (Lipinski definition) is 3. The van der Waals surface area contributed by atoms with E-state index in [9.17, 15) is 14.7 Å². The van der Waals surface area contributed by atoms with Crippen LogP contribution in [0.2, 0.25) is 0 Å². The fraction of sp³-hybridized carbons (Fsp3) is 0.429. The van der Waals surface area contributed by atoms with Gasteiger partial charge < -0.3 is 10.4 Å². The summed E-state index contributed by atoms with van der Waals surface area (Å²) in [4.78, 5) is 23.4. The zero-order valence-electron chi connectivity index (χ0n) is 10.5. The molecule has 4 nitrogen and oxygen atoms in total. The number of rotatable bonds is 4. The molecule has 1 aliphatic heterocycles. The van der Waals surface area contributed by atoms with E-state index in [1.165, 1.54) is 0 Å². The van der Waals surface area contributed by atoms with E-state index in [4.69, 9.17) is 0 Å². The topological polar surface area (TPSA) is 66.4 Å². The van der Waals surface area contributed by atoms with Gasteiger partial charge >= 0.3 is 5.97 Å². The van der Waals surface area contributed by atoms with Crippen LogP contribution in [0.15, 0.2) is 30.3 Å². The van der Waals surface area contributed by atoms with Crippen LogP contribution in [0.1, 0.15) is 24.4 Å². The number of amides is 1. The summed E-state index contributed by atoms with van der Waals surface area (Å²) in [5.74, 6) is 0.732. The summed E-state index contributed by atoms with van der Waals surface area (Å²) < 4.78 is 0. The van der Waals surface area contributed by atoms with Gasteiger partial charge in [0.15, 0.2) is 6.04 Å². The van der Waals surface area contributed by atoms with Crippen LogP contribution >= 0.6 is 11.8 Å². The molecule has 0 aromatic heterocycles. The molecule has 0 unspecified atom stereocenters. The molecule has 1 saturated heterocycles. The zero-order chi connectivity index (χ0) is 13.7. The maximum Gasteiger partial charge on any atom is 0.330 e. The summed E-state index contributed by atoms with van der Waals surface area (Å²) in [6, 6.07) is 7.85. The Labute approximate surface area is 116 Å². The molecule has 1 aromatic carbocycles. The third kappa shape index (κ3) is 3.73. The second kappa shape index (κ2) is 6.61. The predicted octanol–water partition coefficient (Wildman–Crippen LogP) is 2.07. The van der Waals surface area contributed by atoms with Gasteiger partial charge in [0, 0.05) is 5.92 Å². The molecule has 0 saturated carbocycles. The van der Waals surface area contributed by atoms with Gasteiger partial charge in [-0.2, -0.15) is 11.8 Å². The van der Waals surface area contributed by atoms with Crippen molar-refractivity contribution >= 4 is 23.6 Å². The quantitative estimate of drug-likeness (QED) is 0.885. The molecule has 1 aliphatic rings. The fourth-order valence-corrected chi connectivity index (χ4v) is 3.26. The van der Waals surface area contributed by atoms with Crippen molar-refractivity contribution in [3.8, 4) is 0 Å². The van der Waals surface area contributed by atoms with Gasteiger partial charge in [-0.3, -0.25) is 4.79 Å². The lowest BCUT2D eigenvalue weighted by atomic mass is 10.00. The molecule has 1 heterocycles. The fourth-order valence-electron chi connectivity index (χ4n) is 2.15. The van der Waals surface area contributed by atoms with Crippen molar-refractivity contribution in [3.63, 3.8) is 0 Å². The Morgan fingerprint density at radius 2 is 1.84 bits per heavy atom. The van der Waals surface area contributed by atoms with Gasteiger partial charge in [0.05, 0.1) is 0 Å². The highest BCUT2D eigenvalue weighted by atomic mass is 32.2. The largest absolute Gasteiger partial charge is 0.479 e. The lowest BCUT2D eigenvalue weighted by molar-refractivity contribution is -0.142. The Bertz CT molecular complexity index is 443. The average molecular weight is 279 g/mol. The molecule has 2 N–H and O–H groups in total. The highest BCUT2D eigenvalue weighted by molar-refractivity contribution is 7.99. The number of carbonyl (C=O) groups excluding carboxylic acids is 1. The molecule has 0 spiro atoms. The molecule has 2 rings (SSSR count). The molecular formula is C14H17NO3S. The van der Waals surface area contributed by atoms with Gasteiger partial charge in [-0.05, 0) is 29.9 Å². The average Bonchev–Trinajstić information content (AvgIpc) is 2.46. The van der Waals surface area contributed by atoms with E-state index in [1.807, 2.05) is 17.8 Å². The van der Waals surface area contributed by atoms with E-state index in [-0.39, 0.29) is 11.8 Å². The van der Waals surface area contributed by atoms with Crippen LogP contribution in [0, 0.1) is 5.92 Å². The summed E-state index contributed by atoms with van der Waals surface area (Å²) in [7, 11) is 0. The number of benzene rings is 1. The van der Waals surface area contributed by atoms with Crippen molar-refractivity contribution in [2.75, 3.05) is 11.5 Å². The highest BCUT2D eigenvalue weighted by Crippen LogP contribution is 2.24. The first-order chi connectivity index (χ1) is 9.18. The Kier molecular flexibility index (Phi) is 4.85. The summed E-state index contributed by atoms with van der Waals surface area (Å²) in [5.41, 5.74) is 0.605. The highest BCUT2D eigenvalue weighted by Gasteiger charge is 2.27. The number of nitrogens with one attached hydrogen (secondary N) is 1. The SMILES string of the molecule is O=C(N[C@@H](C(=O)O)c1ccccc1)C1CCSCC1. The molecule has 1 fully saturated rings. The van der Waals surface area contributed by atoms with Gasteiger partial charge in [0.1, 0.15) is 0 Å². The lowest BCUT2D eigenvalue weighted by Crippen LogP contribution is -2.38. The standard InChI is InChI=1S/C14H17NO3S/c16-13(11-6-8-19-9-7-11)15-12(14(17)18)10-4-2-1-3-5-10/h1-5,11-12H,6-9H2,(H,15,16)(H,17,18)/t12-/m1/s1. The van der Waals surface area contributed by atoms with E-state index in [0.717, 1.165) is 24.3 Å². The van der Waals surface area contributed by atoms with Gasteiger partial charge in [-0.15, -0.1) is 0 Å². The van der Waals surface area contributed by atoms with Crippen LogP contribution < -0.4 is 5.32 Å². The molecule has 1 atom stereocenters. The van der Waals surface area contributed by atoms with Crippen molar-refractivity contribution in [2.45, 2.75) is 18.9 Å². The van der Waals surface area contributed by atoms with Crippen molar-refractivity contribution in [2.24, 2.45) is 5.92 Å². The predicted molar refractivity (Wildman–Crippen MR) is 75.0 cm³/mol. The molecule has 102 valence electrons. The van der Waals surface area contributed by atoms with Crippen LogP contribution in [0.3, 0.4) is 0 Å². The van der Waals surface area contributed by atoms with Crippen molar-refractivity contribution < 1.29 is 14.7 Å². The smallest absolute Gasteiger partial charge is 0.330 e. The lowest BCUT2D eigenvalue weighted by Gasteiger charge is -2.23. The molecule has 0 bridgehead atoms. The summed E-state index contributed by atoms with van der Waals surface area (Å²) in [5, 5.41) is 11.9. The minimum atomic E-state index is -1.02. The number of carboxylic acids is 1. The summed E-state index contributed by atoms with van der Waals surface area (Å²) >= 11 is 1.84. The molecule has 1 aromatic rings. The summed E-state index contributed by atoms with van der Waals surface area (Å²) in [6.07, 6.45) is 1.66. The zero-order valence-corrected chi connectivity index (χ0v) is 11.4. The van der Waals surface area contributed by atoms with E-state index in [0.29, 0.717) is 5.56 Å². The van der Waals surface area contributed by atoms with Crippen LogP contribution in [-0.2, 0) is 9.59 Å². The molecule has 0 radical (unpaired) electrons. The molecule has 1 amide bonds. The van der Waals surface area contributed by atoms with Crippen LogP contribution in [0.4, 0.5) is 0 Å². The maximum absolute atomic E-state index is 12.1. The maximum atomic E-state index is 12.1. The first-order valence-electron chi connectivity index (χ1n) is 6.34. The third-order valence-corrected chi connectivity index (χ3v) is 4.31. The van der Waals surface area contributed by atoms with Crippen molar-refractivity contribution in [1.82, 2.24) is 5.32 Å². The Morgan fingerprint density at radius 3 is 2.42 bits per heavy atom. The van der Waals surface area contributed by atoms with Gasteiger partial charge in [0.2, 0.25) is 5.91 Å². The minimum Gasteiger partial charge on any atom is -0.479 e. The van der Waals surface area contributed by atoms with E-state index < -0.39 is 12.0 Å². The molecule has 5 heteroatoms. The Hall–Kier alpha value is -1.49. The number of thioether (sulfide) groups is 1. The van der Waals surface area contributed by atoms with Crippen molar-refractivity contribution in [3.05, 3.63) is 35.9 Å². The van der Waals surface area contributed by atoms with Crippen molar-refractivity contribution in [1.29, 1.82) is 0 Å². The van der Waals surface area contributed by atoms with Crippen LogP contribution in [0.25, 0.3) is 0 Å². The first kappa shape index (κ1) is 13.9. The van der Waals surface area contributed by atoms with E-state index in [1.54, 1.807) is 24.3 Å². The van der Waals surface area contributed by atoms with E-state index in [2.05, 4.69) is 5.32 Å².